The van der Waals surface area contributed by atoms with Gasteiger partial charge in [-0.15, -0.1) is 10.2 Å². The molecule has 2 N–H and O–H groups in total. The van der Waals surface area contributed by atoms with E-state index in [9.17, 15) is 4.79 Å². The molecule has 2 aromatic carbocycles. The van der Waals surface area contributed by atoms with Gasteiger partial charge in [0.05, 0.1) is 12.3 Å². The number of hydrogen-bond acceptors (Lipinski definition) is 4. The highest BCUT2D eigenvalue weighted by atomic mass is 32.2. The zero-order valence-electron chi connectivity index (χ0n) is 12.4. The third kappa shape index (κ3) is 3.78. The molecule has 23 heavy (non-hydrogen) atoms. The molecule has 0 fully saturated rings. The summed E-state index contributed by atoms with van der Waals surface area (Å²) in [6, 6.07) is 20.0. The van der Waals surface area contributed by atoms with Crippen LogP contribution < -0.4 is 5.73 Å². The van der Waals surface area contributed by atoms with Crippen LogP contribution in [0.5, 0.6) is 0 Å². The summed E-state index contributed by atoms with van der Waals surface area (Å²) < 4.78 is 2.01. The maximum absolute atomic E-state index is 11.1. The fourth-order valence-corrected chi connectivity index (χ4v) is 2.92. The Kier molecular flexibility index (Phi) is 4.73. The number of carbonyl (C=O) groups is 1. The Morgan fingerprint density at radius 1 is 1.00 bits per heavy atom. The molecule has 1 heterocycles. The summed E-state index contributed by atoms with van der Waals surface area (Å²) in [5.41, 5.74) is 7.38. The monoisotopic (exact) mass is 324 g/mol. The molecule has 0 saturated carbocycles. The van der Waals surface area contributed by atoms with Crippen LogP contribution in [-0.4, -0.2) is 26.4 Å². The quantitative estimate of drug-likeness (QED) is 0.707. The van der Waals surface area contributed by atoms with E-state index in [4.69, 9.17) is 5.73 Å². The first-order chi connectivity index (χ1) is 11.2. The smallest absolute Gasteiger partial charge is 0.227 e. The second kappa shape index (κ2) is 7.11. The van der Waals surface area contributed by atoms with E-state index in [1.807, 2.05) is 53.1 Å². The minimum atomic E-state index is -0.370. The second-order valence-electron chi connectivity index (χ2n) is 5.00. The van der Waals surface area contributed by atoms with Crippen molar-refractivity contribution in [1.29, 1.82) is 0 Å². The molecule has 116 valence electrons. The van der Waals surface area contributed by atoms with Crippen molar-refractivity contribution in [2.45, 2.75) is 11.7 Å². The normalized spacial score (nSPS) is 10.6. The van der Waals surface area contributed by atoms with Gasteiger partial charge in [0.25, 0.3) is 0 Å². The Hall–Kier alpha value is -2.60. The molecule has 3 aromatic rings. The molecule has 0 aliphatic rings. The highest BCUT2D eigenvalue weighted by Gasteiger charge is 2.15. The van der Waals surface area contributed by atoms with E-state index >= 15 is 0 Å². The summed E-state index contributed by atoms with van der Waals surface area (Å²) in [6.07, 6.45) is 0. The molecule has 0 saturated heterocycles. The van der Waals surface area contributed by atoms with Crippen LogP contribution in [0, 0.1) is 0 Å². The fraction of sp³-hybridized carbons (Fsp3) is 0.118. The third-order valence-corrected chi connectivity index (χ3v) is 4.26. The van der Waals surface area contributed by atoms with Crippen molar-refractivity contribution >= 4 is 17.7 Å². The van der Waals surface area contributed by atoms with Gasteiger partial charge >= 0.3 is 0 Å². The van der Waals surface area contributed by atoms with Gasteiger partial charge in [0.2, 0.25) is 5.91 Å². The SMILES string of the molecule is NC(=O)CSc1nnc(-c2ccccc2)n1Cc1ccccc1. The minimum absolute atomic E-state index is 0.182. The number of nitrogens with two attached hydrogens (primary N) is 1. The number of hydrogen-bond donors (Lipinski definition) is 1. The van der Waals surface area contributed by atoms with Gasteiger partial charge in [-0.1, -0.05) is 72.4 Å². The van der Waals surface area contributed by atoms with Crippen molar-refractivity contribution in [2.24, 2.45) is 5.73 Å². The Balaban J connectivity index is 1.97. The van der Waals surface area contributed by atoms with Gasteiger partial charge in [0, 0.05) is 5.56 Å². The van der Waals surface area contributed by atoms with Gasteiger partial charge in [0.1, 0.15) is 0 Å². The number of primary amides is 1. The number of nitrogens with zero attached hydrogens (tertiary/aromatic N) is 3. The first-order valence-corrected chi connectivity index (χ1v) is 8.16. The molecule has 6 heteroatoms. The highest BCUT2D eigenvalue weighted by Crippen LogP contribution is 2.24. The number of thioether (sulfide) groups is 1. The van der Waals surface area contributed by atoms with Crippen LogP contribution in [0.25, 0.3) is 11.4 Å². The Labute approximate surface area is 138 Å². The standard InChI is InChI=1S/C17H16N4OS/c18-15(22)12-23-17-20-19-16(14-9-5-2-6-10-14)21(17)11-13-7-3-1-4-8-13/h1-10H,11-12H2,(H2,18,22). The molecular weight excluding hydrogens is 308 g/mol. The molecule has 0 aliphatic heterocycles. The van der Waals surface area contributed by atoms with Gasteiger partial charge in [-0.3, -0.25) is 9.36 Å². The van der Waals surface area contributed by atoms with Gasteiger partial charge in [0.15, 0.2) is 11.0 Å². The van der Waals surface area contributed by atoms with Crippen molar-refractivity contribution in [1.82, 2.24) is 14.8 Å². The van der Waals surface area contributed by atoms with E-state index in [0.29, 0.717) is 11.7 Å². The fourth-order valence-electron chi connectivity index (χ4n) is 2.24. The maximum Gasteiger partial charge on any atom is 0.227 e. The lowest BCUT2D eigenvalue weighted by molar-refractivity contribution is -0.115. The molecule has 0 aliphatic carbocycles. The molecule has 0 unspecified atom stereocenters. The van der Waals surface area contributed by atoms with Crippen LogP contribution in [0.4, 0.5) is 0 Å². The van der Waals surface area contributed by atoms with Crippen LogP contribution in [0.1, 0.15) is 5.56 Å². The summed E-state index contributed by atoms with van der Waals surface area (Å²) in [7, 11) is 0. The largest absolute Gasteiger partial charge is 0.369 e. The van der Waals surface area contributed by atoms with Gasteiger partial charge in [-0.05, 0) is 5.56 Å². The van der Waals surface area contributed by atoms with E-state index < -0.39 is 0 Å². The van der Waals surface area contributed by atoms with Gasteiger partial charge in [-0.25, -0.2) is 0 Å². The predicted molar refractivity (Wildman–Crippen MR) is 90.9 cm³/mol. The summed E-state index contributed by atoms with van der Waals surface area (Å²) in [4.78, 5) is 11.1. The van der Waals surface area contributed by atoms with E-state index in [2.05, 4.69) is 22.3 Å². The predicted octanol–water partition coefficient (Wildman–Crippen LogP) is 2.57. The van der Waals surface area contributed by atoms with Gasteiger partial charge in [-0.2, -0.15) is 0 Å². The summed E-state index contributed by atoms with van der Waals surface area (Å²) in [5.74, 6) is 0.591. The van der Waals surface area contributed by atoms with Crippen LogP contribution in [-0.2, 0) is 11.3 Å². The van der Waals surface area contributed by atoms with E-state index in [0.717, 1.165) is 17.0 Å². The van der Waals surface area contributed by atoms with E-state index in [-0.39, 0.29) is 11.7 Å². The Morgan fingerprint density at radius 2 is 1.65 bits per heavy atom. The zero-order chi connectivity index (χ0) is 16.1. The van der Waals surface area contributed by atoms with E-state index in [1.165, 1.54) is 11.8 Å². The average Bonchev–Trinajstić information content (AvgIpc) is 2.97. The molecule has 1 amide bonds. The highest BCUT2D eigenvalue weighted by molar-refractivity contribution is 7.99. The van der Waals surface area contributed by atoms with Crippen LogP contribution in [0.15, 0.2) is 65.8 Å². The summed E-state index contributed by atoms with van der Waals surface area (Å²) >= 11 is 1.30. The minimum Gasteiger partial charge on any atom is -0.369 e. The first-order valence-electron chi connectivity index (χ1n) is 7.17. The number of amides is 1. The van der Waals surface area contributed by atoms with Gasteiger partial charge < -0.3 is 5.73 Å². The average molecular weight is 324 g/mol. The van der Waals surface area contributed by atoms with Crippen molar-refractivity contribution in [3.05, 3.63) is 66.2 Å². The summed E-state index contributed by atoms with van der Waals surface area (Å²) in [6.45, 7) is 0.638. The number of carbonyl (C=O) groups excluding carboxylic acids is 1. The maximum atomic E-state index is 11.1. The van der Waals surface area contributed by atoms with Crippen LogP contribution >= 0.6 is 11.8 Å². The third-order valence-electron chi connectivity index (χ3n) is 3.28. The lowest BCUT2D eigenvalue weighted by atomic mass is 10.2. The Bertz CT molecular complexity index is 787. The van der Waals surface area contributed by atoms with Crippen molar-refractivity contribution < 1.29 is 4.79 Å². The van der Waals surface area contributed by atoms with E-state index in [1.54, 1.807) is 0 Å². The van der Waals surface area contributed by atoms with Crippen molar-refractivity contribution in [2.75, 3.05) is 5.75 Å². The van der Waals surface area contributed by atoms with Crippen molar-refractivity contribution in [3.63, 3.8) is 0 Å². The first kappa shape index (κ1) is 15.3. The Morgan fingerprint density at radius 3 is 2.30 bits per heavy atom. The van der Waals surface area contributed by atoms with Crippen molar-refractivity contribution in [3.8, 4) is 11.4 Å². The zero-order valence-corrected chi connectivity index (χ0v) is 13.2. The van der Waals surface area contributed by atoms with Crippen LogP contribution in [0.2, 0.25) is 0 Å². The summed E-state index contributed by atoms with van der Waals surface area (Å²) in [5, 5.41) is 9.22. The molecule has 5 nitrogen and oxygen atoms in total. The lowest BCUT2D eigenvalue weighted by Crippen LogP contribution is -2.14. The molecule has 0 spiro atoms. The molecular formula is C17H16N4OS. The molecule has 1 aromatic heterocycles. The molecule has 0 bridgehead atoms. The number of rotatable bonds is 6. The number of aromatic nitrogens is 3. The molecule has 3 rings (SSSR count). The molecule has 0 atom stereocenters. The lowest BCUT2D eigenvalue weighted by Gasteiger charge is -2.10. The number of benzene rings is 2. The topological polar surface area (TPSA) is 73.8 Å². The van der Waals surface area contributed by atoms with Crippen LogP contribution in [0.3, 0.4) is 0 Å². The second-order valence-corrected chi connectivity index (χ2v) is 5.94. The molecule has 0 radical (unpaired) electrons.